The number of hydrogen-bond acceptors (Lipinski definition) is 2. The number of ether oxygens (including phenoxy) is 1. The van der Waals surface area contributed by atoms with Crippen LogP contribution in [0.1, 0.15) is 19.4 Å². The van der Waals surface area contributed by atoms with Crippen LogP contribution in [0.3, 0.4) is 0 Å². The molecule has 0 fully saturated rings. The number of carbonyl (C=O) groups excluding carboxylic acids is 1. The summed E-state index contributed by atoms with van der Waals surface area (Å²) in [5.74, 6) is 0.896. The largest absolute Gasteiger partial charge is 0.495 e. The Bertz CT molecular complexity index is 361. The summed E-state index contributed by atoms with van der Waals surface area (Å²) >= 11 is 5.98. The molecule has 1 aromatic rings. The van der Waals surface area contributed by atoms with Gasteiger partial charge in [-0.25, -0.2) is 0 Å². The first-order valence-electron chi connectivity index (χ1n) is 4.87. The summed E-state index contributed by atoms with van der Waals surface area (Å²) in [6, 6.07) is 5.61. The van der Waals surface area contributed by atoms with Gasteiger partial charge in [0.15, 0.2) is 0 Å². The second-order valence-electron chi connectivity index (χ2n) is 3.68. The number of carbonyl (C=O) groups is 1. The van der Waals surface area contributed by atoms with Crippen LogP contribution in [0, 0.1) is 5.92 Å². The molecule has 0 aromatic heterocycles. The van der Waals surface area contributed by atoms with Gasteiger partial charge in [0.2, 0.25) is 0 Å². The molecule has 3 heteroatoms. The summed E-state index contributed by atoms with van der Waals surface area (Å²) in [5.41, 5.74) is 1.06. The smallest absolute Gasteiger partial charge is 0.137 e. The molecule has 0 amide bonds. The lowest BCUT2D eigenvalue weighted by Crippen LogP contribution is -2.09. The van der Waals surface area contributed by atoms with Crippen molar-refractivity contribution in [2.45, 2.75) is 20.3 Å². The zero-order valence-electron chi connectivity index (χ0n) is 9.21. The fraction of sp³-hybridized carbons (Fsp3) is 0.417. The van der Waals surface area contributed by atoms with Crippen LogP contribution in [-0.4, -0.2) is 12.9 Å². The number of hydrogen-bond donors (Lipinski definition) is 0. The molecular formula is C12H15ClO2. The summed E-state index contributed by atoms with van der Waals surface area (Å²) < 4.78 is 5.05. The standard InChI is InChI=1S/C12H15ClO2/c1-8(9(2)14)6-10-4-5-12(15-3)11(13)7-10/h4-5,7-8H,6H2,1-3H3/t8-/m1/s1. The number of methoxy groups -OCH3 is 1. The molecular weight excluding hydrogens is 212 g/mol. The molecule has 0 aliphatic carbocycles. The van der Waals surface area contributed by atoms with E-state index in [-0.39, 0.29) is 11.7 Å². The lowest BCUT2D eigenvalue weighted by molar-refractivity contribution is -0.120. The third kappa shape index (κ3) is 3.24. The number of Topliss-reactive ketones (excluding diaryl/α,β-unsaturated/α-hetero) is 1. The van der Waals surface area contributed by atoms with Crippen molar-refractivity contribution in [2.24, 2.45) is 5.92 Å². The van der Waals surface area contributed by atoms with Gasteiger partial charge in [0.25, 0.3) is 0 Å². The van der Waals surface area contributed by atoms with Crippen LogP contribution < -0.4 is 4.74 Å². The second kappa shape index (κ2) is 5.17. The first-order valence-corrected chi connectivity index (χ1v) is 5.25. The van der Waals surface area contributed by atoms with Crippen LogP contribution >= 0.6 is 11.6 Å². The van der Waals surface area contributed by atoms with Crippen molar-refractivity contribution in [3.8, 4) is 5.75 Å². The third-order valence-electron chi connectivity index (χ3n) is 2.45. The molecule has 0 unspecified atom stereocenters. The van der Waals surface area contributed by atoms with Crippen molar-refractivity contribution in [1.82, 2.24) is 0 Å². The highest BCUT2D eigenvalue weighted by molar-refractivity contribution is 6.32. The van der Waals surface area contributed by atoms with Gasteiger partial charge in [0.1, 0.15) is 11.5 Å². The molecule has 0 heterocycles. The van der Waals surface area contributed by atoms with E-state index in [0.717, 1.165) is 12.0 Å². The molecule has 0 bridgehead atoms. The number of ketones is 1. The van der Waals surface area contributed by atoms with Gasteiger partial charge in [0.05, 0.1) is 12.1 Å². The molecule has 0 aliphatic heterocycles. The topological polar surface area (TPSA) is 26.3 Å². The van der Waals surface area contributed by atoms with E-state index in [1.54, 1.807) is 14.0 Å². The molecule has 2 nitrogen and oxygen atoms in total. The molecule has 0 aliphatic rings. The summed E-state index contributed by atoms with van der Waals surface area (Å²) in [6.07, 6.45) is 0.721. The van der Waals surface area contributed by atoms with Crippen LogP contribution in [0.4, 0.5) is 0 Å². The van der Waals surface area contributed by atoms with E-state index in [4.69, 9.17) is 16.3 Å². The van der Waals surface area contributed by atoms with Crippen LogP contribution in [0.15, 0.2) is 18.2 Å². The predicted octanol–water partition coefficient (Wildman–Crippen LogP) is 3.12. The quantitative estimate of drug-likeness (QED) is 0.789. The maximum atomic E-state index is 11.1. The van der Waals surface area contributed by atoms with Gasteiger partial charge in [-0.3, -0.25) is 4.79 Å². The van der Waals surface area contributed by atoms with E-state index in [1.807, 2.05) is 25.1 Å². The van der Waals surface area contributed by atoms with E-state index in [1.165, 1.54) is 0 Å². The van der Waals surface area contributed by atoms with Gasteiger partial charge >= 0.3 is 0 Å². The fourth-order valence-electron chi connectivity index (χ4n) is 1.33. The van der Waals surface area contributed by atoms with Gasteiger partial charge < -0.3 is 4.74 Å². The molecule has 1 rings (SSSR count). The molecule has 1 aromatic carbocycles. The van der Waals surface area contributed by atoms with E-state index in [0.29, 0.717) is 10.8 Å². The Balaban J connectivity index is 2.79. The monoisotopic (exact) mass is 226 g/mol. The summed E-state index contributed by atoms with van der Waals surface area (Å²) in [5, 5.41) is 0.589. The van der Waals surface area contributed by atoms with Gasteiger partial charge in [-0.05, 0) is 31.0 Å². The second-order valence-corrected chi connectivity index (χ2v) is 4.09. The van der Waals surface area contributed by atoms with E-state index in [2.05, 4.69) is 0 Å². The van der Waals surface area contributed by atoms with Crippen LogP contribution in [0.5, 0.6) is 5.75 Å². The third-order valence-corrected chi connectivity index (χ3v) is 2.75. The van der Waals surface area contributed by atoms with Gasteiger partial charge in [0, 0.05) is 5.92 Å². The Kier molecular flexibility index (Phi) is 4.15. The maximum Gasteiger partial charge on any atom is 0.137 e. The molecule has 82 valence electrons. The zero-order valence-corrected chi connectivity index (χ0v) is 9.97. The van der Waals surface area contributed by atoms with Crippen molar-refractivity contribution in [1.29, 1.82) is 0 Å². The summed E-state index contributed by atoms with van der Waals surface area (Å²) in [4.78, 5) is 11.1. The minimum atomic E-state index is 0.0365. The van der Waals surface area contributed by atoms with Gasteiger partial charge in [-0.1, -0.05) is 24.6 Å². The molecule has 0 N–H and O–H groups in total. The Morgan fingerprint density at radius 2 is 2.20 bits per heavy atom. The van der Waals surface area contributed by atoms with Crippen molar-refractivity contribution < 1.29 is 9.53 Å². The Labute approximate surface area is 95.2 Å². The average Bonchev–Trinajstić information content (AvgIpc) is 2.18. The fourth-order valence-corrected chi connectivity index (χ4v) is 1.61. The molecule has 0 spiro atoms. The zero-order chi connectivity index (χ0) is 11.4. The van der Waals surface area contributed by atoms with E-state index < -0.39 is 0 Å². The lowest BCUT2D eigenvalue weighted by Gasteiger charge is -2.09. The van der Waals surface area contributed by atoms with E-state index >= 15 is 0 Å². The number of benzene rings is 1. The van der Waals surface area contributed by atoms with Crippen LogP contribution in [0.25, 0.3) is 0 Å². The van der Waals surface area contributed by atoms with Crippen molar-refractivity contribution in [2.75, 3.05) is 7.11 Å². The van der Waals surface area contributed by atoms with Crippen molar-refractivity contribution >= 4 is 17.4 Å². The summed E-state index contributed by atoms with van der Waals surface area (Å²) in [7, 11) is 1.58. The maximum absolute atomic E-state index is 11.1. The number of halogens is 1. The van der Waals surface area contributed by atoms with Crippen LogP contribution in [0.2, 0.25) is 5.02 Å². The molecule has 1 atom stereocenters. The Morgan fingerprint density at radius 1 is 1.53 bits per heavy atom. The summed E-state index contributed by atoms with van der Waals surface area (Å²) in [6.45, 7) is 3.52. The lowest BCUT2D eigenvalue weighted by atomic mass is 9.98. The average molecular weight is 227 g/mol. The first-order chi connectivity index (χ1) is 7.04. The highest BCUT2D eigenvalue weighted by atomic mass is 35.5. The molecule has 15 heavy (non-hydrogen) atoms. The minimum absolute atomic E-state index is 0.0365. The number of rotatable bonds is 4. The minimum Gasteiger partial charge on any atom is -0.495 e. The molecule has 0 saturated carbocycles. The van der Waals surface area contributed by atoms with Gasteiger partial charge in [-0.2, -0.15) is 0 Å². The highest BCUT2D eigenvalue weighted by Gasteiger charge is 2.09. The first kappa shape index (κ1) is 12.1. The Morgan fingerprint density at radius 3 is 2.67 bits per heavy atom. The predicted molar refractivity (Wildman–Crippen MR) is 61.6 cm³/mol. The van der Waals surface area contributed by atoms with Crippen LogP contribution in [-0.2, 0) is 11.2 Å². The Hall–Kier alpha value is -1.02. The van der Waals surface area contributed by atoms with Gasteiger partial charge in [-0.15, -0.1) is 0 Å². The SMILES string of the molecule is COc1ccc(C[C@@H](C)C(C)=O)cc1Cl. The van der Waals surface area contributed by atoms with E-state index in [9.17, 15) is 4.79 Å². The van der Waals surface area contributed by atoms with Crippen molar-refractivity contribution in [3.63, 3.8) is 0 Å². The molecule has 0 radical (unpaired) electrons. The molecule has 0 saturated heterocycles. The van der Waals surface area contributed by atoms with Crippen molar-refractivity contribution in [3.05, 3.63) is 28.8 Å². The highest BCUT2D eigenvalue weighted by Crippen LogP contribution is 2.26. The normalized spacial score (nSPS) is 12.3.